The molecule has 2 amide bonds. The van der Waals surface area contributed by atoms with Gasteiger partial charge in [0, 0.05) is 13.1 Å². The van der Waals surface area contributed by atoms with E-state index in [1.54, 1.807) is 7.11 Å². The summed E-state index contributed by atoms with van der Waals surface area (Å²) in [4.78, 5) is 14.5. The van der Waals surface area contributed by atoms with Gasteiger partial charge < -0.3 is 24.4 Å². The number of ether oxygens (including phenoxy) is 3. The van der Waals surface area contributed by atoms with Crippen molar-refractivity contribution in [1.29, 1.82) is 0 Å². The summed E-state index contributed by atoms with van der Waals surface area (Å²) in [6, 6.07) is 5.97. The van der Waals surface area contributed by atoms with Gasteiger partial charge in [-0.05, 0) is 43.4 Å². The second kappa shape index (κ2) is 9.31. The smallest absolute Gasteiger partial charge is 0.317 e. The van der Waals surface area contributed by atoms with Crippen molar-refractivity contribution in [2.24, 2.45) is 0 Å². The Morgan fingerprint density at radius 3 is 2.85 bits per heavy atom. The summed E-state index contributed by atoms with van der Waals surface area (Å²) in [6.45, 7) is 5.38. The van der Waals surface area contributed by atoms with Crippen molar-refractivity contribution in [3.63, 3.8) is 0 Å². The van der Waals surface area contributed by atoms with Crippen LogP contribution in [0.3, 0.4) is 0 Å². The second-order valence-electron chi connectivity index (χ2n) is 7.48. The van der Waals surface area contributed by atoms with Crippen LogP contribution in [0, 0.1) is 0 Å². The molecule has 0 unspecified atom stereocenters. The fourth-order valence-corrected chi connectivity index (χ4v) is 3.96. The summed E-state index contributed by atoms with van der Waals surface area (Å²) in [5.74, 6) is 1.51. The van der Waals surface area contributed by atoms with Crippen molar-refractivity contribution < 1.29 is 19.0 Å². The van der Waals surface area contributed by atoms with Crippen molar-refractivity contribution in [2.45, 2.75) is 51.0 Å². The minimum absolute atomic E-state index is 0.0134. The number of carbonyl (C=O) groups is 1. The molecule has 1 aromatic rings. The number of benzene rings is 1. The number of nitrogens with zero attached hydrogens (tertiary/aromatic N) is 1. The molecule has 1 aliphatic carbocycles. The van der Waals surface area contributed by atoms with E-state index in [9.17, 15) is 4.79 Å². The maximum atomic E-state index is 12.5. The third-order valence-corrected chi connectivity index (χ3v) is 5.43. The molecule has 1 spiro atoms. The molecule has 1 saturated carbocycles. The number of hydrogen-bond acceptors (Lipinski definition) is 4. The van der Waals surface area contributed by atoms with Crippen LogP contribution in [0.2, 0.25) is 0 Å². The normalized spacial score (nSPS) is 18.5. The van der Waals surface area contributed by atoms with Crippen molar-refractivity contribution in [1.82, 2.24) is 10.2 Å². The molecule has 1 N–H and O–H groups in total. The molecule has 3 rings (SSSR count). The van der Waals surface area contributed by atoms with Crippen LogP contribution in [0.1, 0.15) is 44.6 Å². The first-order chi connectivity index (χ1) is 13.2. The summed E-state index contributed by atoms with van der Waals surface area (Å²) in [7, 11) is 1.65. The topological polar surface area (TPSA) is 60.0 Å². The Labute approximate surface area is 162 Å². The molecule has 1 heterocycles. The third kappa shape index (κ3) is 5.06. The molecule has 2 fully saturated rings. The standard InChI is InChI=1S/C21H32N2O4/c1-3-13-26-18-7-6-17(15-19(18)25-2)8-11-22-20(24)23-12-14-27-21(16-23)9-4-5-10-21/h6-7,15H,3-5,8-14,16H2,1-2H3,(H,22,24). The largest absolute Gasteiger partial charge is 0.493 e. The number of carbonyl (C=O) groups excluding carboxylic acids is 1. The minimum atomic E-state index is -0.0860. The number of urea groups is 1. The Balaban J connectivity index is 1.48. The molecule has 27 heavy (non-hydrogen) atoms. The van der Waals surface area contributed by atoms with Gasteiger partial charge in [-0.1, -0.05) is 25.8 Å². The summed E-state index contributed by atoms with van der Waals surface area (Å²) in [5, 5.41) is 3.05. The fraction of sp³-hybridized carbons (Fsp3) is 0.667. The van der Waals surface area contributed by atoms with Crippen LogP contribution in [0.15, 0.2) is 18.2 Å². The van der Waals surface area contributed by atoms with Gasteiger partial charge in [0.15, 0.2) is 11.5 Å². The van der Waals surface area contributed by atoms with E-state index in [4.69, 9.17) is 14.2 Å². The molecule has 1 aliphatic heterocycles. The first kappa shape index (κ1) is 19.8. The lowest BCUT2D eigenvalue weighted by atomic mass is 10.00. The Morgan fingerprint density at radius 2 is 2.11 bits per heavy atom. The Bertz CT molecular complexity index is 629. The molecule has 0 aromatic heterocycles. The number of rotatable bonds is 7. The molecule has 0 bridgehead atoms. The van der Waals surface area contributed by atoms with Crippen LogP contribution < -0.4 is 14.8 Å². The quantitative estimate of drug-likeness (QED) is 0.793. The van der Waals surface area contributed by atoms with Crippen molar-refractivity contribution in [2.75, 3.05) is 40.0 Å². The van der Waals surface area contributed by atoms with Crippen LogP contribution in [-0.2, 0) is 11.2 Å². The lowest BCUT2D eigenvalue weighted by Crippen LogP contribution is -2.55. The predicted octanol–water partition coefficient (Wildman–Crippen LogP) is 3.38. The van der Waals surface area contributed by atoms with E-state index in [1.807, 2.05) is 23.1 Å². The van der Waals surface area contributed by atoms with E-state index in [0.29, 0.717) is 26.3 Å². The van der Waals surface area contributed by atoms with E-state index < -0.39 is 0 Å². The van der Waals surface area contributed by atoms with Crippen LogP contribution in [0.5, 0.6) is 11.5 Å². The number of nitrogens with one attached hydrogen (secondary N) is 1. The summed E-state index contributed by atoms with van der Waals surface area (Å²) in [6.07, 6.45) is 6.27. The van der Waals surface area contributed by atoms with Crippen LogP contribution >= 0.6 is 0 Å². The van der Waals surface area contributed by atoms with Gasteiger partial charge in [-0.15, -0.1) is 0 Å². The molecular formula is C21H32N2O4. The monoisotopic (exact) mass is 376 g/mol. The molecule has 6 heteroatoms. The first-order valence-corrected chi connectivity index (χ1v) is 10.1. The molecule has 1 saturated heterocycles. The number of morpholine rings is 1. The van der Waals surface area contributed by atoms with Gasteiger partial charge in [0.1, 0.15) is 0 Å². The van der Waals surface area contributed by atoms with E-state index in [1.165, 1.54) is 12.8 Å². The Morgan fingerprint density at radius 1 is 1.30 bits per heavy atom. The zero-order chi connectivity index (χ0) is 19.1. The Hall–Kier alpha value is -1.95. The van der Waals surface area contributed by atoms with Crippen LogP contribution in [-0.4, -0.2) is 56.5 Å². The highest BCUT2D eigenvalue weighted by atomic mass is 16.5. The molecule has 150 valence electrons. The molecule has 2 aliphatic rings. The summed E-state index contributed by atoms with van der Waals surface area (Å²) >= 11 is 0. The average Bonchev–Trinajstić information content (AvgIpc) is 3.14. The number of hydrogen-bond donors (Lipinski definition) is 1. The van der Waals surface area contributed by atoms with E-state index in [0.717, 1.165) is 49.3 Å². The Kier molecular flexibility index (Phi) is 6.83. The SMILES string of the molecule is CCCOc1ccc(CCNC(=O)N2CCOC3(CCCC3)C2)cc1OC. The zero-order valence-electron chi connectivity index (χ0n) is 16.6. The number of amides is 2. The zero-order valence-corrected chi connectivity index (χ0v) is 16.6. The molecule has 0 radical (unpaired) electrons. The minimum Gasteiger partial charge on any atom is -0.493 e. The van der Waals surface area contributed by atoms with Crippen molar-refractivity contribution in [3.05, 3.63) is 23.8 Å². The highest BCUT2D eigenvalue weighted by Gasteiger charge is 2.40. The van der Waals surface area contributed by atoms with Crippen molar-refractivity contribution >= 4 is 6.03 Å². The van der Waals surface area contributed by atoms with Gasteiger partial charge in [-0.2, -0.15) is 0 Å². The first-order valence-electron chi connectivity index (χ1n) is 10.1. The number of methoxy groups -OCH3 is 1. The lowest BCUT2D eigenvalue weighted by molar-refractivity contribution is -0.0925. The molecule has 1 aromatic carbocycles. The highest BCUT2D eigenvalue weighted by Crippen LogP contribution is 2.35. The van der Waals surface area contributed by atoms with Crippen LogP contribution in [0.25, 0.3) is 0 Å². The van der Waals surface area contributed by atoms with Gasteiger partial charge in [-0.25, -0.2) is 4.79 Å². The predicted molar refractivity (Wildman–Crippen MR) is 105 cm³/mol. The van der Waals surface area contributed by atoms with Gasteiger partial charge in [-0.3, -0.25) is 0 Å². The maximum Gasteiger partial charge on any atom is 0.317 e. The van der Waals surface area contributed by atoms with Gasteiger partial charge in [0.05, 0.1) is 32.5 Å². The van der Waals surface area contributed by atoms with Crippen LogP contribution in [0.4, 0.5) is 4.79 Å². The second-order valence-corrected chi connectivity index (χ2v) is 7.48. The lowest BCUT2D eigenvalue weighted by Gasteiger charge is -2.40. The van der Waals surface area contributed by atoms with Gasteiger partial charge in [0.25, 0.3) is 0 Å². The van der Waals surface area contributed by atoms with E-state index >= 15 is 0 Å². The third-order valence-electron chi connectivity index (χ3n) is 5.43. The van der Waals surface area contributed by atoms with E-state index in [-0.39, 0.29) is 11.6 Å². The molecule has 6 nitrogen and oxygen atoms in total. The maximum absolute atomic E-state index is 12.5. The van der Waals surface area contributed by atoms with Gasteiger partial charge >= 0.3 is 6.03 Å². The molecule has 0 atom stereocenters. The average molecular weight is 376 g/mol. The summed E-state index contributed by atoms with van der Waals surface area (Å²) in [5.41, 5.74) is 1.03. The summed E-state index contributed by atoms with van der Waals surface area (Å²) < 4.78 is 17.1. The van der Waals surface area contributed by atoms with E-state index in [2.05, 4.69) is 12.2 Å². The van der Waals surface area contributed by atoms with Crippen molar-refractivity contribution in [3.8, 4) is 11.5 Å². The highest BCUT2D eigenvalue weighted by molar-refractivity contribution is 5.74. The van der Waals surface area contributed by atoms with Gasteiger partial charge in [0.2, 0.25) is 0 Å². The fourth-order valence-electron chi connectivity index (χ4n) is 3.96. The molecular weight excluding hydrogens is 344 g/mol.